The molecule has 2 rings (SSSR count). The highest BCUT2D eigenvalue weighted by atomic mass is 127. The molecule has 0 spiro atoms. The molecule has 0 fully saturated rings. The molecule has 6 nitrogen and oxygen atoms in total. The molecule has 0 bridgehead atoms. The maximum Gasteiger partial charge on any atom is 0.328 e. The predicted molar refractivity (Wildman–Crippen MR) is 115 cm³/mol. The summed E-state index contributed by atoms with van der Waals surface area (Å²) in [5.41, 5.74) is 1.81. The lowest BCUT2D eigenvalue weighted by atomic mass is 10.0. The molecule has 0 aliphatic carbocycles. The Kier molecular flexibility index (Phi) is 8.43. The van der Waals surface area contributed by atoms with Crippen LogP contribution in [0.2, 0.25) is 0 Å². The van der Waals surface area contributed by atoms with Crippen molar-refractivity contribution < 1.29 is 19.1 Å². The average Bonchev–Trinajstić information content (AvgIpc) is 2.66. The number of nitrogens with one attached hydrogen (secondary N) is 2. The molecule has 0 saturated heterocycles. The molecular weight excluding hydrogens is 471 g/mol. The number of esters is 1. The van der Waals surface area contributed by atoms with Crippen LogP contribution >= 0.6 is 22.6 Å². The second-order valence-electron chi connectivity index (χ2n) is 6.36. The van der Waals surface area contributed by atoms with Crippen molar-refractivity contribution in [1.29, 1.82) is 0 Å². The number of hydrogen-bond acceptors (Lipinski definition) is 4. The van der Waals surface area contributed by atoms with E-state index < -0.39 is 24.0 Å². The Hall–Kier alpha value is -2.42. The van der Waals surface area contributed by atoms with Crippen molar-refractivity contribution in [2.24, 2.45) is 0 Å². The van der Waals surface area contributed by atoms with E-state index >= 15 is 0 Å². The van der Waals surface area contributed by atoms with Gasteiger partial charge in [0.15, 0.2) is 0 Å². The topological polar surface area (TPSA) is 84.5 Å². The molecule has 0 aliphatic rings. The lowest BCUT2D eigenvalue weighted by Crippen LogP contribution is -2.53. The van der Waals surface area contributed by atoms with Crippen LogP contribution in [0.25, 0.3) is 0 Å². The fourth-order valence-electron chi connectivity index (χ4n) is 2.81. The van der Waals surface area contributed by atoms with Crippen molar-refractivity contribution in [2.45, 2.75) is 31.8 Å². The summed E-state index contributed by atoms with van der Waals surface area (Å²) in [5.74, 6) is -1.28. The summed E-state index contributed by atoms with van der Waals surface area (Å²) in [6.07, 6.45) is 0.622. The SMILES string of the molecule is COC(=O)[C@@H](Cc1cccc(I)c1)NC(=O)[C@H](Cc1ccccc1)NC(C)=O. The third kappa shape index (κ3) is 6.95. The van der Waals surface area contributed by atoms with Gasteiger partial charge in [-0.25, -0.2) is 4.79 Å². The second-order valence-corrected chi connectivity index (χ2v) is 7.61. The highest BCUT2D eigenvalue weighted by Crippen LogP contribution is 2.11. The lowest BCUT2D eigenvalue weighted by Gasteiger charge is -2.22. The van der Waals surface area contributed by atoms with Crippen LogP contribution < -0.4 is 10.6 Å². The van der Waals surface area contributed by atoms with E-state index in [-0.39, 0.29) is 5.91 Å². The van der Waals surface area contributed by atoms with E-state index in [4.69, 9.17) is 4.74 Å². The molecule has 0 heterocycles. The predicted octanol–water partition coefficient (Wildman–Crippen LogP) is 2.24. The normalized spacial score (nSPS) is 12.5. The fourth-order valence-corrected chi connectivity index (χ4v) is 3.42. The number of amides is 2. The zero-order valence-corrected chi connectivity index (χ0v) is 17.9. The maximum absolute atomic E-state index is 12.8. The third-order valence-corrected chi connectivity index (χ3v) is 4.78. The Morgan fingerprint density at radius 2 is 1.57 bits per heavy atom. The molecule has 2 amide bonds. The zero-order valence-electron chi connectivity index (χ0n) is 15.8. The molecule has 2 aromatic rings. The number of methoxy groups -OCH3 is 1. The molecular formula is C21H23IN2O4. The van der Waals surface area contributed by atoms with Gasteiger partial charge in [0.25, 0.3) is 0 Å². The molecule has 2 aromatic carbocycles. The summed E-state index contributed by atoms with van der Waals surface area (Å²) in [6.45, 7) is 1.36. The van der Waals surface area contributed by atoms with E-state index in [0.717, 1.165) is 14.7 Å². The van der Waals surface area contributed by atoms with Gasteiger partial charge in [-0.05, 0) is 45.9 Å². The summed E-state index contributed by atoms with van der Waals surface area (Å²) >= 11 is 2.19. The minimum Gasteiger partial charge on any atom is -0.467 e. The third-order valence-electron chi connectivity index (χ3n) is 4.11. The van der Waals surface area contributed by atoms with Crippen molar-refractivity contribution in [2.75, 3.05) is 7.11 Å². The second kappa shape index (κ2) is 10.8. The Balaban J connectivity index is 2.15. The number of rotatable bonds is 8. The number of benzene rings is 2. The smallest absolute Gasteiger partial charge is 0.328 e. The van der Waals surface area contributed by atoms with Crippen LogP contribution in [-0.2, 0) is 32.0 Å². The van der Waals surface area contributed by atoms with Gasteiger partial charge in [0, 0.05) is 23.3 Å². The van der Waals surface area contributed by atoms with Gasteiger partial charge in [0.2, 0.25) is 11.8 Å². The first-order valence-corrected chi connectivity index (χ1v) is 9.90. The number of carbonyl (C=O) groups is 3. The lowest BCUT2D eigenvalue weighted by molar-refractivity contribution is -0.145. The summed E-state index contributed by atoms with van der Waals surface area (Å²) < 4.78 is 5.88. The van der Waals surface area contributed by atoms with Gasteiger partial charge >= 0.3 is 5.97 Å². The summed E-state index contributed by atoms with van der Waals surface area (Å²) in [4.78, 5) is 36.6. The van der Waals surface area contributed by atoms with Crippen molar-refractivity contribution in [1.82, 2.24) is 10.6 Å². The van der Waals surface area contributed by atoms with Crippen LogP contribution in [0, 0.1) is 3.57 Å². The van der Waals surface area contributed by atoms with Crippen LogP contribution in [0.5, 0.6) is 0 Å². The number of carbonyl (C=O) groups excluding carboxylic acids is 3. The standard InChI is InChI=1S/C21H23IN2O4/c1-14(25)23-18(12-15-7-4-3-5-8-15)20(26)24-19(21(27)28-2)13-16-9-6-10-17(22)11-16/h3-11,18-19H,12-13H2,1-2H3,(H,23,25)(H,24,26)/t18-,19+/m0/s1. The van der Waals surface area contributed by atoms with Crippen LogP contribution in [0.3, 0.4) is 0 Å². The van der Waals surface area contributed by atoms with E-state index in [1.807, 2.05) is 54.6 Å². The number of hydrogen-bond donors (Lipinski definition) is 2. The molecule has 0 radical (unpaired) electrons. The molecule has 148 valence electrons. The molecule has 0 aliphatic heterocycles. The quantitative estimate of drug-likeness (QED) is 0.436. The van der Waals surface area contributed by atoms with Crippen molar-refractivity contribution in [3.63, 3.8) is 0 Å². The molecule has 0 unspecified atom stereocenters. The summed E-state index contributed by atoms with van der Waals surface area (Å²) in [6, 6.07) is 15.4. The first-order valence-electron chi connectivity index (χ1n) is 8.82. The van der Waals surface area contributed by atoms with Crippen LogP contribution in [0.4, 0.5) is 0 Å². The minimum absolute atomic E-state index is 0.299. The molecule has 28 heavy (non-hydrogen) atoms. The molecule has 2 atom stereocenters. The Bertz CT molecular complexity index is 826. The first kappa shape index (κ1) is 21.9. The molecule has 2 N–H and O–H groups in total. The van der Waals surface area contributed by atoms with E-state index in [1.165, 1.54) is 14.0 Å². The van der Waals surface area contributed by atoms with Crippen molar-refractivity contribution in [3.8, 4) is 0 Å². The highest BCUT2D eigenvalue weighted by molar-refractivity contribution is 14.1. The van der Waals surface area contributed by atoms with Crippen LogP contribution in [0.15, 0.2) is 54.6 Å². The van der Waals surface area contributed by atoms with Gasteiger partial charge in [-0.1, -0.05) is 42.5 Å². The molecule has 7 heteroatoms. The molecule has 0 aromatic heterocycles. The summed E-state index contributed by atoms with van der Waals surface area (Å²) in [5, 5.41) is 5.39. The van der Waals surface area contributed by atoms with Gasteiger partial charge in [-0.15, -0.1) is 0 Å². The fraction of sp³-hybridized carbons (Fsp3) is 0.286. The minimum atomic E-state index is -0.845. The van der Waals surface area contributed by atoms with Gasteiger partial charge in [-0.2, -0.15) is 0 Å². The van der Waals surface area contributed by atoms with E-state index in [1.54, 1.807) is 0 Å². The monoisotopic (exact) mass is 494 g/mol. The van der Waals surface area contributed by atoms with E-state index in [9.17, 15) is 14.4 Å². The van der Waals surface area contributed by atoms with Gasteiger partial charge in [-0.3, -0.25) is 9.59 Å². The van der Waals surface area contributed by atoms with E-state index in [0.29, 0.717) is 12.8 Å². The van der Waals surface area contributed by atoms with Gasteiger partial charge in [0.1, 0.15) is 12.1 Å². The largest absolute Gasteiger partial charge is 0.467 e. The number of ether oxygens (including phenoxy) is 1. The van der Waals surface area contributed by atoms with E-state index in [2.05, 4.69) is 33.2 Å². The van der Waals surface area contributed by atoms with Crippen molar-refractivity contribution in [3.05, 3.63) is 69.3 Å². The highest BCUT2D eigenvalue weighted by Gasteiger charge is 2.27. The summed E-state index contributed by atoms with van der Waals surface area (Å²) in [7, 11) is 1.28. The first-order chi connectivity index (χ1) is 13.4. The number of halogens is 1. The maximum atomic E-state index is 12.8. The van der Waals surface area contributed by atoms with Gasteiger partial charge in [0.05, 0.1) is 7.11 Å². The Labute approximate surface area is 178 Å². The van der Waals surface area contributed by atoms with Crippen molar-refractivity contribution >= 4 is 40.4 Å². The Morgan fingerprint density at radius 1 is 0.929 bits per heavy atom. The van der Waals surface area contributed by atoms with Gasteiger partial charge < -0.3 is 15.4 Å². The average molecular weight is 494 g/mol. The molecule has 0 saturated carbocycles. The van der Waals surface area contributed by atoms with Crippen LogP contribution in [-0.4, -0.2) is 37.0 Å². The zero-order chi connectivity index (χ0) is 20.5. The van der Waals surface area contributed by atoms with Crippen LogP contribution in [0.1, 0.15) is 18.1 Å². The Morgan fingerprint density at radius 3 is 2.18 bits per heavy atom.